The van der Waals surface area contributed by atoms with Gasteiger partial charge >= 0.3 is 5.97 Å². The number of nitrogens with zero attached hydrogens (tertiary/aromatic N) is 1. The van der Waals surface area contributed by atoms with Gasteiger partial charge < -0.3 is 30.6 Å². The maximum Gasteiger partial charge on any atom is 0.371 e. The highest BCUT2D eigenvalue weighted by molar-refractivity contribution is 7.92. The number of ketones is 1. The molecule has 276 valence electrons. The number of halogens is 1. The van der Waals surface area contributed by atoms with Crippen LogP contribution in [0.2, 0.25) is 0 Å². The van der Waals surface area contributed by atoms with E-state index in [1.54, 1.807) is 12.1 Å². The fraction of sp³-hybridized carbons (Fsp3) is 0.270. The minimum Gasteiger partial charge on any atom is -0.502 e. The van der Waals surface area contributed by atoms with Crippen molar-refractivity contribution in [3.8, 4) is 11.3 Å². The molecule has 0 saturated heterocycles. The van der Waals surface area contributed by atoms with E-state index in [4.69, 9.17) is 9.52 Å². The van der Waals surface area contributed by atoms with E-state index in [2.05, 4.69) is 16.0 Å². The molecule has 0 bridgehead atoms. The number of carbonyl (C=O) groups excluding carboxylic acids is 4. The van der Waals surface area contributed by atoms with Crippen LogP contribution in [-0.4, -0.2) is 73.5 Å². The number of aliphatic hydroxyl groups is 1. The summed E-state index contributed by atoms with van der Waals surface area (Å²) in [5, 5.41) is 26.6. The Hall–Kier alpha value is -6.03. The van der Waals surface area contributed by atoms with Gasteiger partial charge in [0.1, 0.15) is 29.2 Å². The monoisotopic (exact) mass is 746 g/mol. The first-order valence-corrected chi connectivity index (χ1v) is 18.4. The number of allylic oxidation sites excluding steroid dienone is 1. The molecule has 4 aromatic rings. The predicted octanol–water partition coefficient (Wildman–Crippen LogP) is 3.92. The molecule has 0 atom stereocenters. The van der Waals surface area contributed by atoms with Crippen LogP contribution in [0.3, 0.4) is 0 Å². The van der Waals surface area contributed by atoms with Crippen LogP contribution in [0.25, 0.3) is 22.3 Å². The Morgan fingerprint density at radius 3 is 2.32 bits per heavy atom. The molecule has 0 unspecified atom stereocenters. The molecule has 0 radical (unpaired) electrons. The number of aliphatic hydroxyl groups excluding tert-OH is 1. The quantitative estimate of drug-likeness (QED) is 0.0713. The van der Waals surface area contributed by atoms with Gasteiger partial charge in [-0.25, -0.2) is 17.6 Å². The van der Waals surface area contributed by atoms with E-state index in [-0.39, 0.29) is 40.6 Å². The van der Waals surface area contributed by atoms with E-state index < -0.39 is 63.2 Å². The number of hydrogen-bond donors (Lipinski definition) is 5. The summed E-state index contributed by atoms with van der Waals surface area (Å²) in [5.74, 6) is -5.61. The second-order valence-electron chi connectivity index (χ2n) is 13.1. The molecule has 53 heavy (non-hydrogen) atoms. The Bertz CT molecular complexity index is 2310. The lowest BCUT2D eigenvalue weighted by atomic mass is 10.0. The van der Waals surface area contributed by atoms with Crippen LogP contribution in [0.1, 0.15) is 63.4 Å². The Morgan fingerprint density at radius 1 is 1.02 bits per heavy atom. The number of carboxylic acids is 1. The predicted molar refractivity (Wildman–Crippen MR) is 190 cm³/mol. The average Bonchev–Trinajstić information content (AvgIpc) is 4.06. The summed E-state index contributed by atoms with van der Waals surface area (Å²) in [6, 6.07) is 14.5. The summed E-state index contributed by atoms with van der Waals surface area (Å²) in [6.45, 7) is -0.707. The van der Waals surface area contributed by atoms with Crippen molar-refractivity contribution in [3.05, 3.63) is 101 Å². The zero-order valence-corrected chi connectivity index (χ0v) is 29.4. The summed E-state index contributed by atoms with van der Waals surface area (Å²) in [5.41, 5.74) is 0.861. The Balaban J connectivity index is 1.23. The summed E-state index contributed by atoms with van der Waals surface area (Å²) in [4.78, 5) is 63.1. The van der Waals surface area contributed by atoms with Crippen molar-refractivity contribution in [2.24, 2.45) is 0 Å². The first-order valence-electron chi connectivity index (χ1n) is 16.5. The van der Waals surface area contributed by atoms with Gasteiger partial charge in [-0.05, 0) is 79.1 Å². The van der Waals surface area contributed by atoms with Crippen LogP contribution in [0.4, 0.5) is 10.1 Å². The number of anilines is 1. The summed E-state index contributed by atoms with van der Waals surface area (Å²) in [7, 11) is -2.63. The molecule has 2 fully saturated rings. The van der Waals surface area contributed by atoms with Gasteiger partial charge in [-0.15, -0.1) is 0 Å². The van der Waals surface area contributed by atoms with E-state index >= 15 is 0 Å². The molecule has 3 aromatic carbocycles. The second-order valence-corrected chi connectivity index (χ2v) is 15.0. The number of furan rings is 1. The maximum atomic E-state index is 13.7. The summed E-state index contributed by atoms with van der Waals surface area (Å²) >= 11 is 0. The van der Waals surface area contributed by atoms with E-state index in [9.17, 15) is 41.9 Å². The van der Waals surface area contributed by atoms with Crippen molar-refractivity contribution >= 4 is 56.2 Å². The highest BCUT2D eigenvalue weighted by atomic mass is 32.2. The minimum atomic E-state index is -4.09. The zero-order chi connectivity index (χ0) is 38.2. The van der Waals surface area contributed by atoms with Gasteiger partial charge in [0, 0.05) is 42.2 Å². The number of fused-ring (bicyclic) bond motifs is 1. The van der Waals surface area contributed by atoms with E-state index in [1.165, 1.54) is 55.6 Å². The van der Waals surface area contributed by atoms with Crippen LogP contribution in [0.5, 0.6) is 0 Å². The molecule has 16 heteroatoms. The van der Waals surface area contributed by atoms with E-state index in [1.807, 2.05) is 0 Å². The normalized spacial score (nSPS) is 15.0. The van der Waals surface area contributed by atoms with Crippen LogP contribution >= 0.6 is 0 Å². The van der Waals surface area contributed by atoms with Crippen LogP contribution in [0, 0.1) is 5.82 Å². The number of carboxylic acid groups (broad SMARTS) is 1. The average molecular weight is 747 g/mol. The van der Waals surface area contributed by atoms with Gasteiger partial charge in [-0.1, -0.05) is 18.2 Å². The molecule has 2 aliphatic carbocycles. The van der Waals surface area contributed by atoms with E-state index in [0.717, 1.165) is 23.4 Å². The van der Waals surface area contributed by atoms with Crippen molar-refractivity contribution in [1.29, 1.82) is 0 Å². The Labute approximate surface area is 302 Å². The molecule has 2 saturated carbocycles. The van der Waals surface area contributed by atoms with Gasteiger partial charge in [0.15, 0.2) is 5.78 Å². The number of nitrogens with one attached hydrogen (secondary N) is 3. The van der Waals surface area contributed by atoms with Crippen molar-refractivity contribution in [2.75, 3.05) is 24.2 Å². The number of carbonyl (C=O) groups is 5. The third-order valence-corrected chi connectivity index (χ3v) is 10.2. The highest BCUT2D eigenvalue weighted by Gasteiger charge is 2.51. The molecule has 0 aliphatic heterocycles. The molecular weight excluding hydrogens is 711 g/mol. The molecule has 1 aromatic heterocycles. The van der Waals surface area contributed by atoms with Gasteiger partial charge in [0.05, 0.1) is 17.5 Å². The topological polar surface area (TPSA) is 212 Å². The summed E-state index contributed by atoms with van der Waals surface area (Å²) < 4.78 is 47.4. The molecule has 6 rings (SSSR count). The molecule has 2 aliphatic rings. The smallest absolute Gasteiger partial charge is 0.371 e. The van der Waals surface area contributed by atoms with Crippen molar-refractivity contribution in [1.82, 2.24) is 16.0 Å². The number of rotatable bonds is 14. The van der Waals surface area contributed by atoms with Crippen LogP contribution in [0.15, 0.2) is 76.9 Å². The fourth-order valence-corrected chi connectivity index (χ4v) is 6.92. The third-order valence-electron chi connectivity index (χ3n) is 9.09. The molecule has 3 amide bonds. The molecule has 1 heterocycles. The number of sulfonamides is 1. The standard InChI is InChI=1S/C37H35FN4O10S/c1-39-34(46)32-26-15-25(21-6-7-21)27(16-30(26)52-33(32)22-8-10-24(38)11-9-22)42(53(2,50)51)19-31(45)41-37(12-13-37)36(49)40-18-20-4-3-5-23(14-20)28(43)17-29(44)35(47)48/h3-5,8-11,14-17,21,44H,6-7,12-13,18-19H2,1-2H3,(H,39,46)(H,40,49)(H,41,45)(H,47,48)/b29-17-. The summed E-state index contributed by atoms with van der Waals surface area (Å²) in [6.07, 6.45) is 3.62. The fourth-order valence-electron chi connectivity index (χ4n) is 6.05. The SMILES string of the molecule is CNC(=O)c1c(-c2ccc(F)cc2)oc2cc(N(CC(=O)NC3(C(=O)NCc4cccc(C(=O)/C=C(\O)C(=O)O)c4)CC3)S(C)(=O)=O)c(C3CC3)cc12. The molecule has 14 nitrogen and oxygen atoms in total. The van der Waals surface area contributed by atoms with Gasteiger partial charge in [0.2, 0.25) is 27.6 Å². The number of hydrogen-bond acceptors (Lipinski definition) is 9. The van der Waals surface area contributed by atoms with Crippen molar-refractivity contribution in [2.45, 2.75) is 43.7 Å². The van der Waals surface area contributed by atoms with Crippen LogP contribution in [-0.2, 0) is 31.0 Å². The zero-order valence-electron chi connectivity index (χ0n) is 28.6. The molecular formula is C37H35FN4O10S. The lowest BCUT2D eigenvalue weighted by Crippen LogP contribution is -2.52. The third kappa shape index (κ3) is 7.91. The lowest BCUT2D eigenvalue weighted by molar-refractivity contribution is -0.135. The Morgan fingerprint density at radius 2 is 1.72 bits per heavy atom. The van der Waals surface area contributed by atoms with Gasteiger partial charge in [-0.2, -0.15) is 0 Å². The van der Waals surface area contributed by atoms with Crippen LogP contribution < -0.4 is 20.3 Å². The van der Waals surface area contributed by atoms with Crippen molar-refractivity contribution in [3.63, 3.8) is 0 Å². The molecule has 0 spiro atoms. The Kier molecular flexibility index (Phi) is 9.83. The van der Waals surface area contributed by atoms with Gasteiger partial charge in [0.25, 0.3) is 5.91 Å². The lowest BCUT2D eigenvalue weighted by Gasteiger charge is -2.26. The van der Waals surface area contributed by atoms with E-state index in [0.29, 0.717) is 41.0 Å². The first-order chi connectivity index (χ1) is 25.1. The number of amides is 3. The van der Waals surface area contributed by atoms with Gasteiger partial charge in [-0.3, -0.25) is 23.5 Å². The second kappa shape index (κ2) is 14.2. The first kappa shape index (κ1) is 36.8. The van der Waals surface area contributed by atoms with Crippen molar-refractivity contribution < 1.29 is 51.4 Å². The molecule has 5 N–H and O–H groups in total. The number of aliphatic carboxylic acids is 1. The minimum absolute atomic E-state index is 0.0448. The maximum absolute atomic E-state index is 13.7. The number of benzene rings is 3. The highest BCUT2D eigenvalue weighted by Crippen LogP contribution is 2.48. The largest absolute Gasteiger partial charge is 0.502 e.